The van der Waals surface area contributed by atoms with Crippen molar-refractivity contribution in [1.82, 2.24) is 15.1 Å². The minimum Gasteiger partial charge on any atom is -0.364 e. The van der Waals surface area contributed by atoms with Gasteiger partial charge in [-0.1, -0.05) is 29.8 Å². The lowest BCUT2D eigenvalue weighted by molar-refractivity contribution is 0.0993. The van der Waals surface area contributed by atoms with E-state index in [4.69, 9.17) is 17.3 Å². The predicted molar refractivity (Wildman–Crippen MR) is 89.9 cm³/mol. The number of rotatable bonds is 4. The lowest BCUT2D eigenvalue weighted by atomic mass is 10.1. The maximum Gasteiger partial charge on any atom is 0.269 e. The molecule has 6 heteroatoms. The van der Waals surface area contributed by atoms with Gasteiger partial charge >= 0.3 is 0 Å². The Bertz CT molecular complexity index is 797. The fourth-order valence-electron chi connectivity index (χ4n) is 2.75. The molecular formula is C17H17ClN4O. The van der Waals surface area contributed by atoms with E-state index in [2.05, 4.69) is 16.5 Å². The summed E-state index contributed by atoms with van der Waals surface area (Å²) in [6, 6.07) is 7.89. The Hall–Kier alpha value is -2.11. The van der Waals surface area contributed by atoms with Gasteiger partial charge in [0.05, 0.1) is 16.4 Å². The number of nitrogens with zero attached hydrogens (tertiary/aromatic N) is 2. The molecule has 2 fully saturated rings. The highest BCUT2D eigenvalue weighted by atomic mass is 35.5. The zero-order valence-electron chi connectivity index (χ0n) is 12.6. The molecule has 4 rings (SSSR count). The Morgan fingerprint density at radius 2 is 2.00 bits per heavy atom. The first-order chi connectivity index (χ1) is 11.1. The van der Waals surface area contributed by atoms with E-state index < -0.39 is 5.91 Å². The van der Waals surface area contributed by atoms with Crippen LogP contribution in [0.4, 0.5) is 0 Å². The highest BCUT2D eigenvalue weighted by Crippen LogP contribution is 2.43. The van der Waals surface area contributed by atoms with Gasteiger partial charge in [0.2, 0.25) is 0 Å². The average Bonchev–Trinajstić information content (AvgIpc) is 3.27. The number of primary amides is 1. The molecule has 1 aromatic heterocycles. The summed E-state index contributed by atoms with van der Waals surface area (Å²) in [5.74, 6) is -0.196. The summed E-state index contributed by atoms with van der Waals surface area (Å²) in [4.78, 5) is 11.8. The van der Waals surface area contributed by atoms with Crippen LogP contribution in [0.25, 0.3) is 11.8 Å². The molecule has 1 aliphatic heterocycles. The van der Waals surface area contributed by atoms with E-state index in [-0.39, 0.29) is 5.69 Å². The highest BCUT2D eigenvalue weighted by molar-refractivity contribution is 6.34. The molecule has 0 atom stereocenters. The van der Waals surface area contributed by atoms with E-state index in [9.17, 15) is 4.79 Å². The third-order valence-electron chi connectivity index (χ3n) is 4.26. The van der Waals surface area contributed by atoms with Crippen molar-refractivity contribution >= 4 is 23.6 Å². The molecule has 1 aliphatic carbocycles. The number of nitrogens with two attached hydrogens (primary N) is 1. The first kappa shape index (κ1) is 14.5. The van der Waals surface area contributed by atoms with E-state index in [1.807, 2.05) is 24.3 Å². The predicted octanol–water partition coefficient (Wildman–Crippen LogP) is 2.49. The lowest BCUT2D eigenvalue weighted by Crippen LogP contribution is -2.33. The largest absolute Gasteiger partial charge is 0.364 e. The minimum absolute atomic E-state index is 0.267. The van der Waals surface area contributed by atoms with Crippen molar-refractivity contribution in [1.29, 1.82) is 0 Å². The normalized spacial score (nSPS) is 17.0. The molecule has 1 saturated heterocycles. The smallest absolute Gasteiger partial charge is 0.269 e. The number of carbonyl (C=O) groups is 1. The van der Waals surface area contributed by atoms with E-state index in [1.54, 1.807) is 4.68 Å². The molecule has 3 N–H and O–H groups in total. The maximum absolute atomic E-state index is 11.8. The molecule has 1 saturated carbocycles. The molecule has 2 aliphatic rings. The third-order valence-corrected chi connectivity index (χ3v) is 4.63. The van der Waals surface area contributed by atoms with Crippen LogP contribution in [0, 0.1) is 0 Å². The van der Waals surface area contributed by atoms with Crippen molar-refractivity contribution < 1.29 is 4.79 Å². The van der Waals surface area contributed by atoms with Crippen LogP contribution in [0.5, 0.6) is 0 Å². The van der Waals surface area contributed by atoms with Gasteiger partial charge in [-0.15, -0.1) is 0 Å². The van der Waals surface area contributed by atoms with Crippen molar-refractivity contribution in [3.8, 4) is 5.69 Å². The van der Waals surface area contributed by atoms with Gasteiger partial charge in [-0.3, -0.25) is 4.79 Å². The second-order valence-electron chi connectivity index (χ2n) is 6.10. The highest BCUT2D eigenvalue weighted by Gasteiger charge is 2.32. The molecule has 1 amide bonds. The summed E-state index contributed by atoms with van der Waals surface area (Å²) in [6.07, 6.45) is 4.30. The number of hydrogen-bond donors (Lipinski definition) is 2. The average molecular weight is 329 g/mol. The molecule has 0 bridgehead atoms. The van der Waals surface area contributed by atoms with Crippen LogP contribution in [0.15, 0.2) is 29.8 Å². The number of nitrogens with one attached hydrogen (secondary N) is 1. The van der Waals surface area contributed by atoms with Crippen molar-refractivity contribution in [3.63, 3.8) is 0 Å². The van der Waals surface area contributed by atoms with Crippen molar-refractivity contribution in [2.75, 3.05) is 13.1 Å². The molecule has 0 spiro atoms. The Morgan fingerprint density at radius 3 is 2.52 bits per heavy atom. The number of benzene rings is 1. The van der Waals surface area contributed by atoms with E-state index in [0.29, 0.717) is 10.9 Å². The van der Waals surface area contributed by atoms with Crippen LogP contribution in [-0.2, 0) is 0 Å². The molecule has 0 unspecified atom stereocenters. The molecule has 23 heavy (non-hydrogen) atoms. The Morgan fingerprint density at radius 1 is 1.30 bits per heavy atom. The quantitative estimate of drug-likeness (QED) is 0.905. The van der Waals surface area contributed by atoms with Crippen LogP contribution >= 0.6 is 11.6 Å². The number of halogens is 1. The van der Waals surface area contributed by atoms with E-state index in [0.717, 1.165) is 42.9 Å². The lowest BCUT2D eigenvalue weighted by Gasteiger charge is -2.18. The monoisotopic (exact) mass is 328 g/mol. The van der Waals surface area contributed by atoms with E-state index in [1.165, 1.54) is 5.57 Å². The van der Waals surface area contributed by atoms with Gasteiger partial charge in [0.25, 0.3) is 5.91 Å². The van der Waals surface area contributed by atoms with Gasteiger partial charge in [0, 0.05) is 19.0 Å². The molecule has 5 nitrogen and oxygen atoms in total. The van der Waals surface area contributed by atoms with Gasteiger partial charge < -0.3 is 11.1 Å². The van der Waals surface area contributed by atoms with Gasteiger partial charge in [-0.2, -0.15) is 5.10 Å². The van der Waals surface area contributed by atoms with Crippen molar-refractivity contribution in [2.45, 2.75) is 18.8 Å². The zero-order valence-corrected chi connectivity index (χ0v) is 13.3. The molecule has 118 valence electrons. The SMILES string of the molecule is NC(=O)c1c(Cl)c(C2CC2)nn1-c1ccc(C=C2CNC2)cc1. The standard InChI is InChI=1S/C17H17ClN4O/c18-14-15(12-3-4-12)21-22(16(14)17(19)23)13-5-1-10(2-6-13)7-11-8-20-9-11/h1-2,5-7,12,20H,3-4,8-9H2,(H2,19,23). The van der Waals surface area contributed by atoms with Crippen LogP contribution in [0.1, 0.15) is 40.5 Å². The Balaban J connectivity index is 1.71. The Labute approximate surface area is 139 Å². The van der Waals surface area contributed by atoms with Crippen LogP contribution in [0.3, 0.4) is 0 Å². The van der Waals surface area contributed by atoms with Crippen LogP contribution in [0.2, 0.25) is 5.02 Å². The first-order valence-electron chi connectivity index (χ1n) is 7.72. The first-order valence-corrected chi connectivity index (χ1v) is 8.10. The van der Waals surface area contributed by atoms with Gasteiger partial charge in [0.1, 0.15) is 0 Å². The van der Waals surface area contributed by atoms with Gasteiger partial charge in [-0.25, -0.2) is 4.68 Å². The van der Waals surface area contributed by atoms with Crippen LogP contribution < -0.4 is 11.1 Å². The second kappa shape index (κ2) is 5.51. The fourth-order valence-corrected chi connectivity index (χ4v) is 3.12. The number of amides is 1. The molecule has 2 heterocycles. The zero-order chi connectivity index (χ0) is 16.0. The van der Waals surface area contributed by atoms with Crippen LogP contribution in [-0.4, -0.2) is 28.8 Å². The summed E-state index contributed by atoms with van der Waals surface area (Å²) in [7, 11) is 0. The number of hydrogen-bond acceptors (Lipinski definition) is 3. The minimum atomic E-state index is -0.555. The maximum atomic E-state index is 11.8. The van der Waals surface area contributed by atoms with E-state index >= 15 is 0 Å². The summed E-state index contributed by atoms with van der Waals surface area (Å²) in [5, 5.41) is 8.15. The molecule has 1 aromatic carbocycles. The molecular weight excluding hydrogens is 312 g/mol. The summed E-state index contributed by atoms with van der Waals surface area (Å²) in [6.45, 7) is 1.90. The Kier molecular flexibility index (Phi) is 3.47. The fraction of sp³-hybridized carbons (Fsp3) is 0.294. The summed E-state index contributed by atoms with van der Waals surface area (Å²) >= 11 is 6.34. The van der Waals surface area contributed by atoms with Crippen molar-refractivity contribution in [3.05, 3.63) is 51.8 Å². The van der Waals surface area contributed by atoms with Crippen molar-refractivity contribution in [2.24, 2.45) is 5.73 Å². The summed E-state index contributed by atoms with van der Waals surface area (Å²) in [5.41, 5.74) is 9.87. The molecule has 0 radical (unpaired) electrons. The topological polar surface area (TPSA) is 72.9 Å². The van der Waals surface area contributed by atoms with Gasteiger partial charge in [-0.05, 0) is 36.1 Å². The number of aromatic nitrogens is 2. The van der Waals surface area contributed by atoms with Gasteiger partial charge in [0.15, 0.2) is 5.69 Å². The third kappa shape index (κ3) is 2.66. The second-order valence-corrected chi connectivity index (χ2v) is 6.47. The molecule has 2 aromatic rings. The number of carbonyl (C=O) groups excluding carboxylic acids is 1. The summed E-state index contributed by atoms with van der Waals surface area (Å²) < 4.78 is 1.57.